The molecule has 2 aliphatic rings. The van der Waals surface area contributed by atoms with Crippen LogP contribution in [0.5, 0.6) is 0 Å². The third kappa shape index (κ3) is 5.91. The van der Waals surface area contributed by atoms with Gasteiger partial charge in [-0.3, -0.25) is 0 Å². The molecule has 1 nitrogen and oxygen atoms in total. The second-order valence-electron chi connectivity index (χ2n) is 7.49. The Kier molecular flexibility index (Phi) is 8.30. The second kappa shape index (κ2) is 10.3. The van der Waals surface area contributed by atoms with Gasteiger partial charge in [0.2, 0.25) is 0 Å². The van der Waals surface area contributed by atoms with Gasteiger partial charge in [-0.15, -0.1) is 13.2 Å². The molecule has 2 aliphatic carbocycles. The van der Waals surface area contributed by atoms with Crippen LogP contribution in [0, 0.1) is 17.8 Å². The van der Waals surface area contributed by atoms with Gasteiger partial charge in [0.25, 0.3) is 0 Å². The predicted octanol–water partition coefficient (Wildman–Crippen LogP) is 6.30. The summed E-state index contributed by atoms with van der Waals surface area (Å²) < 4.78 is 5.95. The molecule has 0 bridgehead atoms. The molecule has 0 radical (unpaired) electrons. The molecule has 126 valence electrons. The molecule has 0 unspecified atom stereocenters. The minimum absolute atomic E-state index is 0.534. The molecule has 0 N–H and O–H groups in total. The molecule has 22 heavy (non-hydrogen) atoms. The first-order valence-corrected chi connectivity index (χ1v) is 9.66. The minimum Gasteiger partial charge on any atom is -0.378 e. The highest BCUT2D eigenvalue weighted by Crippen LogP contribution is 2.41. The van der Waals surface area contributed by atoms with Crippen LogP contribution in [0.25, 0.3) is 0 Å². The fraction of sp³-hybridized carbons (Fsp3) is 0.810. The summed E-state index contributed by atoms with van der Waals surface area (Å²) in [6.45, 7) is 8.46. The lowest BCUT2D eigenvalue weighted by molar-refractivity contribution is 0.00912. The van der Waals surface area contributed by atoms with Crippen LogP contribution in [0.4, 0.5) is 0 Å². The van der Waals surface area contributed by atoms with Gasteiger partial charge in [-0.1, -0.05) is 31.4 Å². The average Bonchev–Trinajstić information content (AvgIpc) is 2.57. The van der Waals surface area contributed by atoms with Gasteiger partial charge in [0.15, 0.2) is 0 Å². The SMILES string of the molecule is C=CCCC[C@H]1CC[C@H](C2CCC(OCCC=C)CC2)CC1. The summed E-state index contributed by atoms with van der Waals surface area (Å²) in [6.07, 6.45) is 20.9. The standard InChI is InChI=1S/C21H36O/c1-3-5-7-8-18-9-11-19(12-10-18)20-13-15-21(16-14-20)22-17-6-4-2/h3-4,18-21H,1-2,5-17H2/t18-,19-,20?,21?. The molecule has 0 atom stereocenters. The van der Waals surface area contributed by atoms with Crippen LogP contribution in [0.2, 0.25) is 0 Å². The first-order valence-electron chi connectivity index (χ1n) is 9.66. The Balaban J connectivity index is 1.60. The zero-order chi connectivity index (χ0) is 15.6. The number of unbranched alkanes of at least 4 members (excludes halogenated alkanes) is 1. The molecule has 0 spiro atoms. The van der Waals surface area contributed by atoms with Gasteiger partial charge in [0.1, 0.15) is 0 Å². The van der Waals surface area contributed by atoms with Crippen molar-refractivity contribution in [3.63, 3.8) is 0 Å². The third-order valence-corrected chi connectivity index (χ3v) is 5.97. The summed E-state index contributed by atoms with van der Waals surface area (Å²) in [5, 5.41) is 0. The molecule has 0 aliphatic heterocycles. The fourth-order valence-electron chi connectivity index (χ4n) is 4.54. The Morgan fingerprint density at radius 2 is 1.36 bits per heavy atom. The number of hydrogen-bond acceptors (Lipinski definition) is 1. The average molecular weight is 305 g/mol. The Bertz CT molecular complexity index is 274. The lowest BCUT2D eigenvalue weighted by atomic mass is 9.70. The van der Waals surface area contributed by atoms with E-state index in [9.17, 15) is 0 Å². The lowest BCUT2D eigenvalue weighted by Crippen LogP contribution is -2.28. The topological polar surface area (TPSA) is 9.23 Å². The van der Waals surface area contributed by atoms with E-state index in [4.69, 9.17) is 4.74 Å². The highest BCUT2D eigenvalue weighted by molar-refractivity contribution is 4.83. The van der Waals surface area contributed by atoms with Gasteiger partial charge in [-0.05, 0) is 75.5 Å². The number of rotatable bonds is 9. The van der Waals surface area contributed by atoms with E-state index in [-0.39, 0.29) is 0 Å². The van der Waals surface area contributed by atoms with E-state index in [1.165, 1.54) is 70.6 Å². The van der Waals surface area contributed by atoms with Gasteiger partial charge in [-0.2, -0.15) is 0 Å². The predicted molar refractivity (Wildman–Crippen MR) is 96.0 cm³/mol. The van der Waals surface area contributed by atoms with Crippen LogP contribution < -0.4 is 0 Å². The molecule has 1 heteroatoms. The molecule has 2 rings (SSSR count). The molecule has 0 amide bonds. The number of allylic oxidation sites excluding steroid dienone is 1. The van der Waals surface area contributed by atoms with Crippen LogP contribution in [0.15, 0.2) is 25.3 Å². The summed E-state index contributed by atoms with van der Waals surface area (Å²) in [7, 11) is 0. The van der Waals surface area contributed by atoms with Gasteiger partial charge < -0.3 is 4.74 Å². The van der Waals surface area contributed by atoms with E-state index in [0.717, 1.165) is 30.8 Å². The van der Waals surface area contributed by atoms with Crippen molar-refractivity contribution in [3.05, 3.63) is 25.3 Å². The van der Waals surface area contributed by atoms with Crippen LogP contribution in [-0.2, 0) is 4.74 Å². The fourth-order valence-corrected chi connectivity index (χ4v) is 4.54. The van der Waals surface area contributed by atoms with Crippen molar-refractivity contribution >= 4 is 0 Å². The van der Waals surface area contributed by atoms with Crippen LogP contribution in [0.1, 0.15) is 77.0 Å². The maximum absolute atomic E-state index is 5.95. The second-order valence-corrected chi connectivity index (χ2v) is 7.49. The number of hydrogen-bond donors (Lipinski definition) is 0. The summed E-state index contributed by atoms with van der Waals surface area (Å²) >= 11 is 0. The first kappa shape index (κ1) is 17.8. The molecule has 0 aromatic rings. The van der Waals surface area contributed by atoms with E-state index in [1.54, 1.807) is 0 Å². The van der Waals surface area contributed by atoms with E-state index in [0.29, 0.717) is 6.10 Å². The van der Waals surface area contributed by atoms with E-state index < -0.39 is 0 Å². The molecule has 0 saturated heterocycles. The molecule has 0 aromatic heterocycles. The zero-order valence-corrected chi connectivity index (χ0v) is 14.5. The smallest absolute Gasteiger partial charge is 0.0575 e. The summed E-state index contributed by atoms with van der Waals surface area (Å²) in [5.41, 5.74) is 0. The van der Waals surface area contributed by atoms with Crippen molar-refractivity contribution < 1.29 is 4.74 Å². The van der Waals surface area contributed by atoms with Crippen molar-refractivity contribution in [1.82, 2.24) is 0 Å². The van der Waals surface area contributed by atoms with Gasteiger partial charge in [0, 0.05) is 0 Å². The summed E-state index contributed by atoms with van der Waals surface area (Å²) in [5.74, 6) is 3.02. The number of ether oxygens (including phenoxy) is 1. The van der Waals surface area contributed by atoms with Gasteiger partial charge in [0.05, 0.1) is 12.7 Å². The van der Waals surface area contributed by atoms with Crippen molar-refractivity contribution in [2.45, 2.75) is 83.2 Å². The first-order chi connectivity index (χ1) is 10.8. The highest BCUT2D eigenvalue weighted by Gasteiger charge is 2.30. The van der Waals surface area contributed by atoms with Crippen molar-refractivity contribution in [3.8, 4) is 0 Å². The minimum atomic E-state index is 0.534. The van der Waals surface area contributed by atoms with E-state index in [2.05, 4.69) is 19.2 Å². The quantitative estimate of drug-likeness (QED) is 0.359. The lowest BCUT2D eigenvalue weighted by Gasteiger charge is -2.37. The van der Waals surface area contributed by atoms with Crippen LogP contribution >= 0.6 is 0 Å². The zero-order valence-electron chi connectivity index (χ0n) is 14.5. The molecule has 0 aromatic carbocycles. The molecule has 0 heterocycles. The molecule has 2 fully saturated rings. The molecular weight excluding hydrogens is 268 g/mol. The largest absolute Gasteiger partial charge is 0.378 e. The van der Waals surface area contributed by atoms with Gasteiger partial charge in [-0.25, -0.2) is 0 Å². The maximum atomic E-state index is 5.95. The molecular formula is C21H36O. The highest BCUT2D eigenvalue weighted by atomic mass is 16.5. The van der Waals surface area contributed by atoms with Gasteiger partial charge >= 0.3 is 0 Å². The van der Waals surface area contributed by atoms with E-state index >= 15 is 0 Å². The third-order valence-electron chi connectivity index (χ3n) is 5.97. The monoisotopic (exact) mass is 304 g/mol. The normalized spacial score (nSPS) is 32.5. The Labute approximate surface area is 138 Å². The Morgan fingerprint density at radius 3 is 1.95 bits per heavy atom. The van der Waals surface area contributed by atoms with Crippen molar-refractivity contribution in [2.24, 2.45) is 17.8 Å². The summed E-state index contributed by atoms with van der Waals surface area (Å²) in [4.78, 5) is 0. The maximum Gasteiger partial charge on any atom is 0.0575 e. The van der Waals surface area contributed by atoms with Crippen molar-refractivity contribution in [2.75, 3.05) is 6.61 Å². The molecule has 2 saturated carbocycles. The Hall–Kier alpha value is -0.560. The van der Waals surface area contributed by atoms with Crippen LogP contribution in [0.3, 0.4) is 0 Å². The van der Waals surface area contributed by atoms with E-state index in [1.807, 2.05) is 6.08 Å². The summed E-state index contributed by atoms with van der Waals surface area (Å²) in [6, 6.07) is 0. The van der Waals surface area contributed by atoms with Crippen LogP contribution in [-0.4, -0.2) is 12.7 Å². The van der Waals surface area contributed by atoms with Crippen molar-refractivity contribution in [1.29, 1.82) is 0 Å². The Morgan fingerprint density at radius 1 is 0.773 bits per heavy atom.